The van der Waals surface area contributed by atoms with E-state index in [9.17, 15) is 9.90 Å². The normalized spacial score (nSPS) is 14.2. The highest BCUT2D eigenvalue weighted by atomic mass is 79.9. The van der Waals surface area contributed by atoms with Gasteiger partial charge in [0.15, 0.2) is 0 Å². The van der Waals surface area contributed by atoms with E-state index in [1.807, 2.05) is 24.3 Å². The van der Waals surface area contributed by atoms with Crippen LogP contribution in [-0.4, -0.2) is 30.3 Å². The van der Waals surface area contributed by atoms with E-state index < -0.39 is 0 Å². The molecule has 1 amide bonds. The van der Waals surface area contributed by atoms with E-state index in [0.717, 1.165) is 24.3 Å². The summed E-state index contributed by atoms with van der Waals surface area (Å²) in [5.41, 5.74) is 4.96. The summed E-state index contributed by atoms with van der Waals surface area (Å²) < 4.78 is 1.10. The largest absolute Gasteiger partial charge is 0.506 e. The van der Waals surface area contributed by atoms with Gasteiger partial charge in [-0.3, -0.25) is 4.79 Å². The number of carbonyl (C=O) groups excluding carboxylic acids is 1. The summed E-state index contributed by atoms with van der Waals surface area (Å²) in [6.45, 7) is 2.15. The van der Waals surface area contributed by atoms with E-state index in [1.54, 1.807) is 12.1 Å². The molecule has 130 valence electrons. The SMILES string of the molecule is O=C(N/N=C\c1cc(Br)c(O)c(Br)c1)c1ccc(N2CCCC2)cc1. The number of rotatable bonds is 4. The number of amides is 1. The van der Waals surface area contributed by atoms with Gasteiger partial charge in [0.2, 0.25) is 0 Å². The van der Waals surface area contributed by atoms with Crippen LogP contribution in [0, 0.1) is 0 Å². The van der Waals surface area contributed by atoms with Crippen molar-refractivity contribution in [2.75, 3.05) is 18.0 Å². The zero-order valence-electron chi connectivity index (χ0n) is 13.4. The Morgan fingerprint density at radius 3 is 2.32 bits per heavy atom. The van der Waals surface area contributed by atoms with E-state index in [1.165, 1.54) is 19.1 Å². The van der Waals surface area contributed by atoms with Crippen LogP contribution in [0.5, 0.6) is 5.75 Å². The third kappa shape index (κ3) is 4.41. The molecular weight excluding hydrogens is 450 g/mol. The van der Waals surface area contributed by atoms with Crippen molar-refractivity contribution in [1.82, 2.24) is 5.43 Å². The molecule has 3 rings (SSSR count). The van der Waals surface area contributed by atoms with Crippen molar-refractivity contribution in [2.45, 2.75) is 12.8 Å². The zero-order chi connectivity index (χ0) is 17.8. The van der Waals surface area contributed by atoms with Crippen LogP contribution < -0.4 is 10.3 Å². The number of hydrazone groups is 1. The highest BCUT2D eigenvalue weighted by molar-refractivity contribution is 9.11. The first-order chi connectivity index (χ1) is 12.0. The number of halogens is 2. The van der Waals surface area contributed by atoms with E-state index in [2.05, 4.69) is 47.3 Å². The lowest BCUT2D eigenvalue weighted by Gasteiger charge is -2.17. The van der Waals surface area contributed by atoms with Crippen LogP contribution in [0.15, 0.2) is 50.4 Å². The molecule has 0 spiro atoms. The molecule has 1 heterocycles. The van der Waals surface area contributed by atoms with Crippen LogP contribution in [0.2, 0.25) is 0 Å². The Morgan fingerprint density at radius 1 is 1.12 bits per heavy atom. The molecular formula is C18H17Br2N3O2. The van der Waals surface area contributed by atoms with Crippen molar-refractivity contribution in [3.05, 3.63) is 56.5 Å². The summed E-state index contributed by atoms with van der Waals surface area (Å²) in [4.78, 5) is 14.5. The predicted molar refractivity (Wildman–Crippen MR) is 106 cm³/mol. The maximum absolute atomic E-state index is 12.2. The molecule has 0 saturated carbocycles. The number of nitrogens with zero attached hydrogens (tertiary/aromatic N) is 2. The van der Waals surface area contributed by atoms with Crippen LogP contribution >= 0.6 is 31.9 Å². The number of benzene rings is 2. The Labute approximate surface area is 163 Å². The highest BCUT2D eigenvalue weighted by Gasteiger charge is 2.13. The van der Waals surface area contributed by atoms with Crippen LogP contribution in [0.25, 0.3) is 0 Å². The van der Waals surface area contributed by atoms with Gasteiger partial charge in [0, 0.05) is 24.3 Å². The Bertz CT molecular complexity index is 777. The topological polar surface area (TPSA) is 64.9 Å². The van der Waals surface area contributed by atoms with Gasteiger partial charge in [0.05, 0.1) is 15.2 Å². The second-order valence-corrected chi connectivity index (χ2v) is 7.48. The first kappa shape index (κ1) is 17.9. The molecule has 0 bridgehead atoms. The van der Waals surface area contributed by atoms with Crippen LogP contribution in [-0.2, 0) is 0 Å². The van der Waals surface area contributed by atoms with Gasteiger partial charge in [-0.1, -0.05) is 0 Å². The lowest BCUT2D eigenvalue weighted by molar-refractivity contribution is 0.0955. The van der Waals surface area contributed by atoms with Crippen molar-refractivity contribution in [2.24, 2.45) is 5.10 Å². The fourth-order valence-corrected chi connectivity index (χ4v) is 3.91. The molecule has 2 aromatic rings. The quantitative estimate of drug-likeness (QED) is 0.522. The minimum atomic E-state index is -0.263. The monoisotopic (exact) mass is 465 g/mol. The first-order valence-corrected chi connectivity index (χ1v) is 9.49. The summed E-state index contributed by atoms with van der Waals surface area (Å²) >= 11 is 6.51. The molecule has 0 unspecified atom stereocenters. The van der Waals surface area contributed by atoms with E-state index in [0.29, 0.717) is 14.5 Å². The molecule has 2 aromatic carbocycles. The number of hydrogen-bond acceptors (Lipinski definition) is 4. The summed E-state index contributed by atoms with van der Waals surface area (Å²) in [6.07, 6.45) is 3.96. The number of phenolic OH excluding ortho intramolecular Hbond substituents is 1. The second-order valence-electron chi connectivity index (χ2n) is 5.77. The van der Waals surface area contributed by atoms with Crippen LogP contribution in [0.3, 0.4) is 0 Å². The molecule has 5 nitrogen and oxygen atoms in total. The summed E-state index contributed by atoms with van der Waals surface area (Å²) in [6, 6.07) is 11.0. The maximum atomic E-state index is 12.2. The molecule has 0 aliphatic carbocycles. The lowest BCUT2D eigenvalue weighted by Crippen LogP contribution is -2.19. The standard InChI is InChI=1S/C18H17Br2N3O2/c19-15-9-12(10-16(20)17(15)24)11-21-22-18(25)13-3-5-14(6-4-13)23-7-1-2-8-23/h3-6,9-11,24H,1-2,7-8H2,(H,22,25)/b21-11-. The Kier molecular flexibility index (Phi) is 5.75. The van der Waals surface area contributed by atoms with E-state index in [-0.39, 0.29) is 11.7 Å². The second kappa shape index (κ2) is 8.01. The van der Waals surface area contributed by atoms with Crippen LogP contribution in [0.4, 0.5) is 5.69 Å². The van der Waals surface area contributed by atoms with Crippen molar-refractivity contribution in [3.8, 4) is 5.75 Å². The minimum absolute atomic E-state index is 0.124. The van der Waals surface area contributed by atoms with Crippen LogP contribution in [0.1, 0.15) is 28.8 Å². The van der Waals surface area contributed by atoms with Gasteiger partial charge >= 0.3 is 0 Å². The zero-order valence-corrected chi connectivity index (χ0v) is 16.5. The molecule has 7 heteroatoms. The highest BCUT2D eigenvalue weighted by Crippen LogP contribution is 2.32. The van der Waals surface area contributed by atoms with Crippen molar-refractivity contribution in [1.29, 1.82) is 0 Å². The van der Waals surface area contributed by atoms with Gasteiger partial charge in [-0.2, -0.15) is 5.10 Å². The minimum Gasteiger partial charge on any atom is -0.506 e. The average molecular weight is 467 g/mol. The predicted octanol–water partition coefficient (Wildman–Crippen LogP) is 4.28. The number of carbonyl (C=O) groups is 1. The molecule has 1 saturated heterocycles. The molecule has 2 N–H and O–H groups in total. The smallest absolute Gasteiger partial charge is 0.271 e. The van der Waals surface area contributed by atoms with Crippen molar-refractivity contribution >= 4 is 49.7 Å². The van der Waals surface area contributed by atoms with Gasteiger partial charge in [-0.25, -0.2) is 5.43 Å². The molecule has 0 aromatic heterocycles. The molecule has 25 heavy (non-hydrogen) atoms. The van der Waals surface area contributed by atoms with Gasteiger partial charge in [-0.05, 0) is 86.7 Å². The summed E-state index contributed by atoms with van der Waals surface area (Å²) in [5.74, 6) is -0.139. The first-order valence-electron chi connectivity index (χ1n) is 7.91. The summed E-state index contributed by atoms with van der Waals surface area (Å²) in [5, 5.41) is 13.7. The molecule has 0 radical (unpaired) electrons. The van der Waals surface area contributed by atoms with Gasteiger partial charge < -0.3 is 10.0 Å². The van der Waals surface area contributed by atoms with Crippen molar-refractivity contribution < 1.29 is 9.90 Å². The third-order valence-corrected chi connectivity index (χ3v) is 5.23. The van der Waals surface area contributed by atoms with E-state index in [4.69, 9.17) is 0 Å². The maximum Gasteiger partial charge on any atom is 0.271 e. The number of anilines is 1. The van der Waals surface area contributed by atoms with Gasteiger partial charge in [0.25, 0.3) is 5.91 Å². The Balaban J connectivity index is 1.62. The van der Waals surface area contributed by atoms with E-state index >= 15 is 0 Å². The number of hydrogen-bond donors (Lipinski definition) is 2. The number of nitrogens with one attached hydrogen (secondary N) is 1. The molecule has 0 atom stereocenters. The number of phenols is 1. The third-order valence-electron chi connectivity index (χ3n) is 4.02. The summed E-state index contributed by atoms with van der Waals surface area (Å²) in [7, 11) is 0. The fourth-order valence-electron chi connectivity index (χ4n) is 2.69. The molecule has 1 fully saturated rings. The Morgan fingerprint density at radius 2 is 1.72 bits per heavy atom. The van der Waals surface area contributed by atoms with Gasteiger partial charge in [0.1, 0.15) is 5.75 Å². The Hall–Kier alpha value is -1.86. The number of aromatic hydroxyl groups is 1. The molecule has 1 aliphatic heterocycles. The van der Waals surface area contributed by atoms with Crippen molar-refractivity contribution in [3.63, 3.8) is 0 Å². The van der Waals surface area contributed by atoms with Gasteiger partial charge in [-0.15, -0.1) is 0 Å². The average Bonchev–Trinajstić information content (AvgIpc) is 3.14. The molecule has 1 aliphatic rings. The lowest BCUT2D eigenvalue weighted by atomic mass is 10.2. The fraction of sp³-hybridized carbons (Fsp3) is 0.222.